The fourth-order valence-corrected chi connectivity index (χ4v) is 4.37. The fourth-order valence-electron chi connectivity index (χ4n) is 3.47. The maximum absolute atomic E-state index is 14.1. The van der Waals surface area contributed by atoms with E-state index in [2.05, 4.69) is 10.4 Å². The van der Waals surface area contributed by atoms with Crippen LogP contribution in [0.2, 0.25) is 0 Å². The van der Waals surface area contributed by atoms with E-state index in [1.807, 2.05) is 32.4 Å². The first-order chi connectivity index (χ1) is 14.9. The van der Waals surface area contributed by atoms with Gasteiger partial charge < -0.3 is 10.2 Å². The van der Waals surface area contributed by atoms with Gasteiger partial charge in [-0.3, -0.25) is 9.48 Å². The van der Waals surface area contributed by atoms with Gasteiger partial charge in [-0.05, 0) is 41.5 Å². The van der Waals surface area contributed by atoms with Gasteiger partial charge in [0.1, 0.15) is 11.5 Å². The maximum atomic E-state index is 14.1. The van der Waals surface area contributed by atoms with E-state index >= 15 is 0 Å². The topological polar surface area (TPSA) is 113 Å². The number of sulfonamides is 1. The number of nitrogens with zero attached hydrogens (tertiary/aromatic N) is 3. The van der Waals surface area contributed by atoms with Gasteiger partial charge in [0.15, 0.2) is 5.03 Å². The summed E-state index contributed by atoms with van der Waals surface area (Å²) >= 11 is 0. The molecule has 3 rings (SSSR count). The van der Waals surface area contributed by atoms with Crippen LogP contribution in [-0.2, 0) is 17.1 Å². The number of anilines is 1. The molecule has 33 heavy (non-hydrogen) atoms. The molecule has 9 nitrogen and oxygen atoms in total. The first-order valence-electron chi connectivity index (χ1n) is 10.4. The number of hydrogen-bond acceptors (Lipinski definition) is 5. The zero-order valence-corrected chi connectivity index (χ0v) is 22.6. The number of likely N-dealkylation sites (tertiary alicyclic amines) is 1. The molecule has 1 aromatic heterocycles. The smallest absolute Gasteiger partial charge is 0.333 e. The van der Waals surface area contributed by atoms with Gasteiger partial charge >= 0.3 is 6.03 Å². The van der Waals surface area contributed by atoms with Crippen LogP contribution < -0.4 is 10.0 Å². The minimum Gasteiger partial charge on any atom is -0.337 e. The summed E-state index contributed by atoms with van der Waals surface area (Å²) in [4.78, 5) is 26.6. The third kappa shape index (κ3) is 5.95. The van der Waals surface area contributed by atoms with Crippen molar-refractivity contribution in [3.63, 3.8) is 0 Å². The quantitative estimate of drug-likeness (QED) is 0.607. The van der Waals surface area contributed by atoms with E-state index < -0.39 is 26.9 Å². The zero-order chi connectivity index (χ0) is 23.8. The van der Waals surface area contributed by atoms with Crippen molar-refractivity contribution < 1.29 is 22.4 Å². The molecule has 2 N–H and O–H groups in total. The maximum Gasteiger partial charge on any atom is 0.333 e. The second-order valence-corrected chi connectivity index (χ2v) is 10.1. The molecule has 1 radical (unpaired) electrons. The molecule has 1 aliphatic rings. The number of urea groups is 1. The number of rotatable bonds is 6. The van der Waals surface area contributed by atoms with Crippen molar-refractivity contribution in [3.8, 4) is 0 Å². The number of halogens is 1. The van der Waals surface area contributed by atoms with Crippen molar-refractivity contribution in [2.45, 2.75) is 51.0 Å². The summed E-state index contributed by atoms with van der Waals surface area (Å²) in [6.07, 6.45) is 0.899. The molecule has 1 aliphatic heterocycles. The Hall–Kier alpha value is -1.95. The number of carbonyl (C=O) groups is 2. The van der Waals surface area contributed by atoms with Crippen molar-refractivity contribution >= 4 is 57.2 Å². The molecule has 175 valence electrons. The van der Waals surface area contributed by atoms with E-state index in [-0.39, 0.29) is 53.0 Å². The van der Waals surface area contributed by atoms with Crippen LogP contribution in [0.4, 0.5) is 14.9 Å². The summed E-state index contributed by atoms with van der Waals surface area (Å²) in [7, 11) is -2.88. The first kappa shape index (κ1) is 27.3. The third-order valence-electron chi connectivity index (χ3n) is 5.37. The van der Waals surface area contributed by atoms with Gasteiger partial charge in [-0.15, -0.1) is 0 Å². The van der Waals surface area contributed by atoms with Gasteiger partial charge in [0.05, 0.1) is 0 Å². The first-order valence-corrected chi connectivity index (χ1v) is 11.9. The molecule has 1 fully saturated rings. The molecule has 0 unspecified atom stereocenters. The Morgan fingerprint density at radius 2 is 1.61 bits per heavy atom. The zero-order valence-electron chi connectivity index (χ0n) is 19.8. The van der Waals surface area contributed by atoms with Crippen LogP contribution in [0.1, 0.15) is 67.6 Å². The predicted molar refractivity (Wildman–Crippen MR) is 123 cm³/mol. The van der Waals surface area contributed by atoms with Crippen LogP contribution in [-0.4, -0.2) is 77.7 Å². The van der Waals surface area contributed by atoms with Gasteiger partial charge in [-0.25, -0.2) is 13.9 Å². The molecule has 0 bridgehead atoms. The molecule has 1 saturated heterocycles. The van der Waals surface area contributed by atoms with Crippen LogP contribution >= 0.6 is 0 Å². The average molecular weight is 489 g/mol. The predicted octanol–water partition coefficient (Wildman–Crippen LogP) is 2.78. The number of nitrogens with one attached hydrogen (secondary N) is 2. The number of aromatic nitrogens is 2. The van der Waals surface area contributed by atoms with E-state index in [1.165, 1.54) is 23.9 Å². The Morgan fingerprint density at radius 1 is 1.06 bits per heavy atom. The van der Waals surface area contributed by atoms with E-state index in [4.69, 9.17) is 0 Å². The van der Waals surface area contributed by atoms with Gasteiger partial charge in [0.25, 0.3) is 15.9 Å². The molecule has 12 heteroatoms. The minimum atomic E-state index is -4.34. The number of benzene rings is 1. The summed E-state index contributed by atoms with van der Waals surface area (Å²) in [6.45, 7) is 8.63. The molecule has 2 aromatic rings. The van der Waals surface area contributed by atoms with Crippen LogP contribution in [0.3, 0.4) is 0 Å². The summed E-state index contributed by atoms with van der Waals surface area (Å²) in [5, 5.41) is 6.03. The standard InChI is InChI=1S/C21H28FN5O4S.Na/c1-12(2)15-9-14(22)10-16(13(3)4)19(15)23-21(29)25-32(30,31)18-11-17(26(5)24-18)20(28)27-7-6-8-27;/h9-13H,6-8H2,1-5H3,(H2,23,25,29);. The molecule has 3 amide bonds. The number of hydrogen-bond donors (Lipinski definition) is 2. The average Bonchev–Trinajstić information content (AvgIpc) is 3.03. The van der Waals surface area contributed by atoms with Gasteiger partial charge in [-0.1, -0.05) is 27.7 Å². The third-order valence-corrected chi connectivity index (χ3v) is 6.57. The monoisotopic (exact) mass is 488 g/mol. The van der Waals surface area contributed by atoms with E-state index in [0.29, 0.717) is 29.9 Å². The number of carbonyl (C=O) groups excluding carboxylic acids is 2. The SMILES string of the molecule is CC(C)c1cc(F)cc(C(C)C)c1NC(=O)NS(=O)(=O)c1cc(C(=O)N2CCC2)n(C)n1.[Na]. The molecular formula is C21H28FN5NaO4S. The Morgan fingerprint density at radius 3 is 2.06 bits per heavy atom. The summed E-state index contributed by atoms with van der Waals surface area (Å²) in [6, 6.07) is 2.80. The molecule has 2 heterocycles. The molecule has 0 spiro atoms. The van der Waals surface area contributed by atoms with Crippen LogP contribution in [0.25, 0.3) is 0 Å². The Bertz CT molecular complexity index is 1130. The van der Waals surface area contributed by atoms with Crippen molar-refractivity contribution in [3.05, 3.63) is 40.8 Å². The number of aryl methyl sites for hydroxylation is 1. The Kier molecular flexibility index (Phi) is 8.72. The van der Waals surface area contributed by atoms with Crippen molar-refractivity contribution in [1.82, 2.24) is 19.4 Å². The largest absolute Gasteiger partial charge is 0.337 e. The van der Waals surface area contributed by atoms with Gasteiger partial charge in [0, 0.05) is 61.4 Å². The van der Waals surface area contributed by atoms with Crippen molar-refractivity contribution in [2.75, 3.05) is 18.4 Å². The molecular weight excluding hydrogens is 460 g/mol. The molecule has 0 aliphatic carbocycles. The Balaban J connectivity index is 0.00000385. The molecule has 1 aromatic carbocycles. The summed E-state index contributed by atoms with van der Waals surface area (Å²) in [5.41, 5.74) is 1.61. The van der Waals surface area contributed by atoms with Crippen LogP contribution in [0, 0.1) is 5.82 Å². The fraction of sp³-hybridized carbons (Fsp3) is 0.476. The summed E-state index contributed by atoms with van der Waals surface area (Å²) in [5.74, 6) is -0.961. The molecule has 0 saturated carbocycles. The van der Waals surface area contributed by atoms with Crippen LogP contribution in [0.15, 0.2) is 23.2 Å². The van der Waals surface area contributed by atoms with E-state index in [0.717, 1.165) is 12.5 Å². The second kappa shape index (κ2) is 10.5. The number of amides is 3. The summed E-state index contributed by atoms with van der Waals surface area (Å²) < 4.78 is 42.7. The van der Waals surface area contributed by atoms with Crippen LogP contribution in [0.5, 0.6) is 0 Å². The van der Waals surface area contributed by atoms with Crippen molar-refractivity contribution in [2.24, 2.45) is 7.05 Å². The van der Waals surface area contributed by atoms with Crippen molar-refractivity contribution in [1.29, 1.82) is 0 Å². The van der Waals surface area contributed by atoms with E-state index in [1.54, 1.807) is 4.90 Å². The van der Waals surface area contributed by atoms with Gasteiger partial charge in [0.2, 0.25) is 0 Å². The second-order valence-electron chi connectivity index (χ2n) is 8.47. The normalized spacial score (nSPS) is 13.5. The Labute approximate surface area is 215 Å². The molecule has 0 atom stereocenters. The minimum absolute atomic E-state index is 0. The van der Waals surface area contributed by atoms with E-state index in [9.17, 15) is 22.4 Å². The van der Waals surface area contributed by atoms with Gasteiger partial charge in [-0.2, -0.15) is 13.5 Å².